The van der Waals surface area contributed by atoms with Crippen molar-refractivity contribution in [2.24, 2.45) is 0 Å². The average Bonchev–Trinajstić information content (AvgIpc) is 2.52. The molecule has 2 rings (SSSR count). The maximum atomic E-state index is 5.71. The molecule has 112 valence electrons. The first-order valence-electron chi connectivity index (χ1n) is 6.67. The molecule has 20 heavy (non-hydrogen) atoms. The summed E-state index contributed by atoms with van der Waals surface area (Å²) in [5.41, 5.74) is 0. The van der Waals surface area contributed by atoms with E-state index in [1.165, 1.54) is 14.2 Å². The van der Waals surface area contributed by atoms with Gasteiger partial charge in [-0.3, -0.25) is 4.90 Å². The third-order valence-corrected chi connectivity index (χ3v) is 3.12. The Labute approximate surface area is 118 Å². The second-order valence-electron chi connectivity index (χ2n) is 4.40. The fourth-order valence-electron chi connectivity index (χ4n) is 2.00. The molecule has 0 saturated carbocycles. The van der Waals surface area contributed by atoms with Crippen molar-refractivity contribution in [2.75, 3.05) is 52.3 Å². The van der Waals surface area contributed by atoms with Gasteiger partial charge in [0.05, 0.1) is 26.9 Å². The Morgan fingerprint density at radius 2 is 1.95 bits per heavy atom. The number of nitrogens with zero attached hydrogens (tertiary/aromatic N) is 4. The van der Waals surface area contributed by atoms with E-state index in [2.05, 4.69) is 32.1 Å². The summed E-state index contributed by atoms with van der Waals surface area (Å²) in [7, 11) is 3.00. The lowest BCUT2D eigenvalue weighted by molar-refractivity contribution is -0.0192. The second-order valence-corrected chi connectivity index (χ2v) is 4.40. The summed E-state index contributed by atoms with van der Waals surface area (Å²) in [4.78, 5) is 14.5. The molecule has 1 N–H and O–H groups in total. The zero-order chi connectivity index (χ0) is 14.4. The Balaban J connectivity index is 1.92. The third-order valence-electron chi connectivity index (χ3n) is 3.12. The van der Waals surface area contributed by atoms with E-state index < -0.39 is 0 Å². The fraction of sp³-hybridized carbons (Fsp3) is 0.750. The van der Waals surface area contributed by atoms with Gasteiger partial charge in [0.25, 0.3) is 0 Å². The number of aromatic nitrogens is 3. The summed E-state index contributed by atoms with van der Waals surface area (Å²) in [6, 6.07) is 0.443. The van der Waals surface area contributed by atoms with Crippen LogP contribution in [0.4, 0.5) is 5.95 Å². The highest BCUT2D eigenvalue weighted by Crippen LogP contribution is 2.12. The number of likely N-dealkylation sites (N-methyl/N-ethyl adjacent to an activating group) is 1. The minimum Gasteiger partial charge on any atom is -0.467 e. The van der Waals surface area contributed by atoms with Crippen LogP contribution in [0.3, 0.4) is 0 Å². The van der Waals surface area contributed by atoms with Gasteiger partial charge in [-0.05, 0) is 6.54 Å². The van der Waals surface area contributed by atoms with Crippen molar-refractivity contribution in [3.05, 3.63) is 0 Å². The quantitative estimate of drug-likeness (QED) is 0.782. The highest BCUT2D eigenvalue weighted by molar-refractivity contribution is 5.27. The molecule has 0 aliphatic carbocycles. The molecule has 2 heterocycles. The topological polar surface area (TPSA) is 81.6 Å². The van der Waals surface area contributed by atoms with Crippen molar-refractivity contribution in [3.8, 4) is 12.0 Å². The van der Waals surface area contributed by atoms with Gasteiger partial charge in [0, 0.05) is 19.6 Å². The summed E-state index contributed by atoms with van der Waals surface area (Å²) in [5.74, 6) is 0.422. The number of methoxy groups -OCH3 is 2. The third kappa shape index (κ3) is 3.91. The number of hydrogen-bond acceptors (Lipinski definition) is 8. The molecule has 1 aliphatic heterocycles. The predicted molar refractivity (Wildman–Crippen MR) is 73.3 cm³/mol. The molecule has 1 saturated heterocycles. The van der Waals surface area contributed by atoms with E-state index in [0.717, 1.165) is 26.2 Å². The first kappa shape index (κ1) is 14.7. The van der Waals surface area contributed by atoms with Gasteiger partial charge in [-0.1, -0.05) is 6.92 Å². The second kappa shape index (κ2) is 7.20. The fourth-order valence-corrected chi connectivity index (χ4v) is 2.00. The van der Waals surface area contributed by atoms with Gasteiger partial charge >= 0.3 is 12.0 Å². The molecule has 1 aromatic heterocycles. The summed E-state index contributed by atoms with van der Waals surface area (Å²) in [6.07, 6.45) is 0.123. The van der Waals surface area contributed by atoms with Crippen LogP contribution in [0.5, 0.6) is 12.0 Å². The van der Waals surface area contributed by atoms with Crippen LogP contribution in [0.2, 0.25) is 0 Å². The molecular formula is C12H21N5O3. The molecule has 1 atom stereocenters. The zero-order valence-corrected chi connectivity index (χ0v) is 12.1. The van der Waals surface area contributed by atoms with E-state index in [0.29, 0.717) is 12.5 Å². The zero-order valence-electron chi connectivity index (χ0n) is 12.1. The van der Waals surface area contributed by atoms with E-state index in [9.17, 15) is 0 Å². The maximum absolute atomic E-state index is 5.71. The van der Waals surface area contributed by atoms with E-state index in [-0.39, 0.29) is 18.1 Å². The van der Waals surface area contributed by atoms with Crippen molar-refractivity contribution in [2.45, 2.75) is 13.0 Å². The number of rotatable bonds is 6. The van der Waals surface area contributed by atoms with Gasteiger partial charge in [0.1, 0.15) is 0 Å². The molecule has 0 bridgehead atoms. The van der Waals surface area contributed by atoms with Crippen LogP contribution in [0.15, 0.2) is 0 Å². The van der Waals surface area contributed by atoms with Gasteiger partial charge in [-0.15, -0.1) is 4.98 Å². The lowest BCUT2D eigenvalue weighted by Crippen LogP contribution is -2.45. The Morgan fingerprint density at radius 1 is 1.25 bits per heavy atom. The van der Waals surface area contributed by atoms with Gasteiger partial charge in [-0.25, -0.2) is 0 Å². The van der Waals surface area contributed by atoms with Gasteiger partial charge in [-0.2, -0.15) is 9.97 Å². The van der Waals surface area contributed by atoms with Gasteiger partial charge in [0.2, 0.25) is 5.95 Å². The van der Waals surface area contributed by atoms with Crippen LogP contribution in [0, 0.1) is 0 Å². The molecule has 0 aromatic carbocycles. The number of hydrogen-bond donors (Lipinski definition) is 1. The largest absolute Gasteiger partial charge is 0.467 e. The standard InChI is InChI=1S/C12H21N5O3/c1-4-17-5-6-20-9(8-17)7-13-10-14-11(18-2)16-12(15-10)19-3/h9H,4-8H2,1-3H3,(H,13,14,15,16). The van der Waals surface area contributed by atoms with Crippen LogP contribution in [0.25, 0.3) is 0 Å². The van der Waals surface area contributed by atoms with Crippen LogP contribution in [-0.4, -0.2) is 73.0 Å². The molecule has 8 nitrogen and oxygen atoms in total. The highest BCUT2D eigenvalue weighted by Gasteiger charge is 2.19. The molecule has 0 amide bonds. The van der Waals surface area contributed by atoms with Crippen molar-refractivity contribution in [1.82, 2.24) is 19.9 Å². The lowest BCUT2D eigenvalue weighted by atomic mass is 10.2. The minimum absolute atomic E-state index is 0.123. The van der Waals surface area contributed by atoms with Gasteiger partial charge < -0.3 is 19.5 Å². The molecule has 1 fully saturated rings. The lowest BCUT2D eigenvalue weighted by Gasteiger charge is -2.32. The summed E-state index contributed by atoms with van der Waals surface area (Å²) in [6.45, 7) is 6.46. The van der Waals surface area contributed by atoms with Crippen molar-refractivity contribution < 1.29 is 14.2 Å². The van der Waals surface area contributed by atoms with E-state index in [4.69, 9.17) is 14.2 Å². The Morgan fingerprint density at radius 3 is 2.55 bits per heavy atom. The first-order valence-corrected chi connectivity index (χ1v) is 6.67. The molecule has 1 aromatic rings. The number of ether oxygens (including phenoxy) is 3. The van der Waals surface area contributed by atoms with Crippen LogP contribution >= 0.6 is 0 Å². The SMILES string of the molecule is CCN1CCOC(CNc2nc(OC)nc(OC)n2)C1. The summed E-state index contributed by atoms with van der Waals surface area (Å²) in [5, 5.41) is 3.13. The summed E-state index contributed by atoms with van der Waals surface area (Å²) >= 11 is 0. The minimum atomic E-state index is 0.123. The maximum Gasteiger partial charge on any atom is 0.324 e. The Hall–Kier alpha value is -1.67. The molecule has 1 unspecified atom stereocenters. The monoisotopic (exact) mass is 283 g/mol. The van der Waals surface area contributed by atoms with Crippen LogP contribution in [-0.2, 0) is 4.74 Å². The normalized spacial score (nSPS) is 19.6. The molecule has 1 aliphatic rings. The smallest absolute Gasteiger partial charge is 0.324 e. The highest BCUT2D eigenvalue weighted by atomic mass is 16.5. The molecule has 8 heteroatoms. The summed E-state index contributed by atoms with van der Waals surface area (Å²) < 4.78 is 15.7. The number of morpholine rings is 1. The Kier molecular flexibility index (Phi) is 5.31. The van der Waals surface area contributed by atoms with Crippen LogP contribution in [0.1, 0.15) is 6.92 Å². The van der Waals surface area contributed by atoms with Crippen molar-refractivity contribution in [1.29, 1.82) is 0 Å². The predicted octanol–water partition coefficient (Wildman–Crippen LogP) is 0.0214. The van der Waals surface area contributed by atoms with Crippen molar-refractivity contribution >= 4 is 5.95 Å². The van der Waals surface area contributed by atoms with Crippen LogP contribution < -0.4 is 14.8 Å². The molecular weight excluding hydrogens is 262 g/mol. The Bertz CT molecular complexity index is 409. The number of anilines is 1. The molecule has 0 radical (unpaired) electrons. The number of nitrogens with one attached hydrogen (secondary N) is 1. The average molecular weight is 283 g/mol. The first-order chi connectivity index (χ1) is 9.75. The van der Waals surface area contributed by atoms with E-state index in [1.807, 2.05) is 0 Å². The van der Waals surface area contributed by atoms with E-state index >= 15 is 0 Å². The molecule has 0 spiro atoms. The van der Waals surface area contributed by atoms with E-state index in [1.54, 1.807) is 0 Å². The van der Waals surface area contributed by atoms with Crippen molar-refractivity contribution in [3.63, 3.8) is 0 Å². The van der Waals surface area contributed by atoms with Gasteiger partial charge in [0.15, 0.2) is 0 Å².